The van der Waals surface area contributed by atoms with Crippen molar-refractivity contribution < 1.29 is 4.79 Å². The van der Waals surface area contributed by atoms with Gasteiger partial charge >= 0.3 is 0 Å². The summed E-state index contributed by atoms with van der Waals surface area (Å²) in [6, 6.07) is 1.72. The highest BCUT2D eigenvalue weighted by atomic mass is 16.1. The molecule has 0 atom stereocenters. The molecule has 0 spiro atoms. The first-order valence-electron chi connectivity index (χ1n) is 4.00. The third-order valence-electron chi connectivity index (χ3n) is 1.42. The molecule has 1 aromatic rings. The Morgan fingerprint density at radius 2 is 2.25 bits per heavy atom. The van der Waals surface area contributed by atoms with Crippen LogP contribution in [0.5, 0.6) is 0 Å². The number of carbonyl (C=O) groups is 1. The fourth-order valence-electron chi connectivity index (χ4n) is 1.01. The quantitative estimate of drug-likeness (QED) is 0.627. The lowest BCUT2D eigenvalue weighted by molar-refractivity contribution is 0.111. The maximum absolute atomic E-state index is 10.3. The largest absolute Gasteiger partial charge is 0.296 e. The lowest BCUT2D eigenvalue weighted by atomic mass is 9.97. The zero-order chi connectivity index (χ0) is 9.19. The SMILES string of the molecule is CC(C)(C)Cn1ccc(C=O)n1. The molecule has 0 aliphatic carbocycles. The van der Waals surface area contributed by atoms with Crippen LogP contribution in [0.1, 0.15) is 31.3 Å². The molecule has 0 bridgehead atoms. The van der Waals surface area contributed by atoms with E-state index in [1.54, 1.807) is 10.7 Å². The van der Waals surface area contributed by atoms with E-state index in [4.69, 9.17) is 0 Å². The number of aromatic nitrogens is 2. The molecule has 0 unspecified atom stereocenters. The summed E-state index contributed by atoms with van der Waals surface area (Å²) in [7, 11) is 0. The van der Waals surface area contributed by atoms with Crippen molar-refractivity contribution in [2.75, 3.05) is 0 Å². The first-order valence-corrected chi connectivity index (χ1v) is 4.00. The van der Waals surface area contributed by atoms with Crippen LogP contribution in [0, 0.1) is 5.41 Å². The summed E-state index contributed by atoms with van der Waals surface area (Å²) in [6.07, 6.45) is 2.59. The number of hydrogen-bond acceptors (Lipinski definition) is 2. The summed E-state index contributed by atoms with van der Waals surface area (Å²) in [6.45, 7) is 7.24. The van der Waals surface area contributed by atoms with Crippen LogP contribution < -0.4 is 0 Å². The maximum Gasteiger partial charge on any atom is 0.170 e. The van der Waals surface area contributed by atoms with Gasteiger partial charge in [0, 0.05) is 12.7 Å². The highest BCUT2D eigenvalue weighted by molar-refractivity contribution is 5.71. The molecule has 1 heterocycles. The van der Waals surface area contributed by atoms with Crippen molar-refractivity contribution in [1.29, 1.82) is 0 Å². The molecular weight excluding hydrogens is 152 g/mol. The molecule has 0 saturated heterocycles. The maximum atomic E-state index is 10.3. The van der Waals surface area contributed by atoms with Crippen LogP contribution in [0.25, 0.3) is 0 Å². The minimum atomic E-state index is 0.201. The molecule has 3 heteroatoms. The Hall–Kier alpha value is -1.12. The molecule has 12 heavy (non-hydrogen) atoms. The standard InChI is InChI=1S/C9H14N2O/c1-9(2,3)7-11-5-4-8(6-12)10-11/h4-6H,7H2,1-3H3. The molecule has 0 radical (unpaired) electrons. The van der Waals surface area contributed by atoms with Gasteiger partial charge in [-0.05, 0) is 11.5 Å². The summed E-state index contributed by atoms with van der Waals surface area (Å²) in [5.41, 5.74) is 0.700. The van der Waals surface area contributed by atoms with Gasteiger partial charge < -0.3 is 0 Å². The van der Waals surface area contributed by atoms with E-state index in [1.165, 1.54) is 0 Å². The molecule has 0 N–H and O–H groups in total. The average molecular weight is 166 g/mol. The Morgan fingerprint density at radius 1 is 1.58 bits per heavy atom. The van der Waals surface area contributed by atoms with E-state index in [0.29, 0.717) is 5.69 Å². The number of nitrogens with zero attached hydrogens (tertiary/aromatic N) is 2. The molecule has 0 aliphatic heterocycles. The van der Waals surface area contributed by atoms with Crippen LogP contribution in [-0.4, -0.2) is 16.1 Å². The summed E-state index contributed by atoms with van der Waals surface area (Å²) in [5.74, 6) is 0. The molecule has 1 aromatic heterocycles. The van der Waals surface area contributed by atoms with E-state index >= 15 is 0 Å². The van der Waals surface area contributed by atoms with E-state index in [2.05, 4.69) is 25.9 Å². The van der Waals surface area contributed by atoms with Gasteiger partial charge in [-0.3, -0.25) is 9.48 Å². The smallest absolute Gasteiger partial charge is 0.170 e. The van der Waals surface area contributed by atoms with Gasteiger partial charge in [0.05, 0.1) is 0 Å². The second-order valence-electron chi connectivity index (χ2n) is 4.12. The van der Waals surface area contributed by atoms with Gasteiger partial charge in [0.25, 0.3) is 0 Å². The molecule has 0 fully saturated rings. The van der Waals surface area contributed by atoms with E-state index in [1.807, 2.05) is 6.20 Å². The van der Waals surface area contributed by atoms with Gasteiger partial charge in [0.1, 0.15) is 5.69 Å². The van der Waals surface area contributed by atoms with Gasteiger partial charge in [-0.25, -0.2) is 0 Å². The minimum Gasteiger partial charge on any atom is -0.296 e. The van der Waals surface area contributed by atoms with Gasteiger partial charge in [-0.15, -0.1) is 0 Å². The zero-order valence-electron chi connectivity index (χ0n) is 7.74. The second-order valence-corrected chi connectivity index (χ2v) is 4.12. The predicted octanol–water partition coefficient (Wildman–Crippen LogP) is 1.74. The van der Waals surface area contributed by atoms with Gasteiger partial charge in [0.2, 0.25) is 0 Å². The van der Waals surface area contributed by atoms with Gasteiger partial charge in [-0.1, -0.05) is 20.8 Å². The topological polar surface area (TPSA) is 34.9 Å². The lowest BCUT2D eigenvalue weighted by Gasteiger charge is -2.17. The van der Waals surface area contributed by atoms with Crippen molar-refractivity contribution in [2.24, 2.45) is 5.41 Å². The molecule has 0 saturated carbocycles. The van der Waals surface area contributed by atoms with Crippen LogP contribution in [0.2, 0.25) is 0 Å². The molecule has 0 aromatic carbocycles. The Kier molecular flexibility index (Phi) is 2.31. The van der Waals surface area contributed by atoms with Gasteiger partial charge in [0.15, 0.2) is 6.29 Å². The van der Waals surface area contributed by atoms with Crippen LogP contribution in [-0.2, 0) is 6.54 Å². The highest BCUT2D eigenvalue weighted by Gasteiger charge is 2.11. The van der Waals surface area contributed by atoms with E-state index in [-0.39, 0.29) is 5.41 Å². The van der Waals surface area contributed by atoms with Crippen molar-refractivity contribution in [3.8, 4) is 0 Å². The Labute approximate surface area is 72.4 Å². The van der Waals surface area contributed by atoms with Crippen molar-refractivity contribution in [3.05, 3.63) is 18.0 Å². The molecule has 3 nitrogen and oxygen atoms in total. The van der Waals surface area contributed by atoms with E-state index in [9.17, 15) is 4.79 Å². The lowest BCUT2D eigenvalue weighted by Crippen LogP contribution is -2.15. The molecule has 0 aliphatic rings. The van der Waals surface area contributed by atoms with E-state index in [0.717, 1.165) is 12.8 Å². The highest BCUT2D eigenvalue weighted by Crippen LogP contribution is 2.15. The Balaban J connectivity index is 2.70. The first kappa shape index (κ1) is 8.97. The average Bonchev–Trinajstić information content (AvgIpc) is 2.32. The molecule has 0 amide bonds. The Bertz CT molecular complexity index is 270. The first-order chi connectivity index (χ1) is 5.51. The predicted molar refractivity (Wildman–Crippen MR) is 47.1 cm³/mol. The molecule has 66 valence electrons. The van der Waals surface area contributed by atoms with Crippen LogP contribution in [0.3, 0.4) is 0 Å². The molecule has 1 rings (SSSR count). The van der Waals surface area contributed by atoms with Crippen molar-refractivity contribution in [1.82, 2.24) is 9.78 Å². The fraction of sp³-hybridized carbons (Fsp3) is 0.556. The summed E-state index contributed by atoms with van der Waals surface area (Å²) in [4.78, 5) is 10.3. The second kappa shape index (κ2) is 3.09. The number of aldehydes is 1. The Morgan fingerprint density at radius 3 is 2.67 bits per heavy atom. The fourth-order valence-corrected chi connectivity index (χ4v) is 1.01. The van der Waals surface area contributed by atoms with Crippen molar-refractivity contribution in [3.63, 3.8) is 0 Å². The number of rotatable bonds is 2. The number of carbonyl (C=O) groups excluding carboxylic acids is 1. The number of hydrogen-bond donors (Lipinski definition) is 0. The van der Waals surface area contributed by atoms with Crippen molar-refractivity contribution in [2.45, 2.75) is 27.3 Å². The summed E-state index contributed by atoms with van der Waals surface area (Å²) >= 11 is 0. The zero-order valence-corrected chi connectivity index (χ0v) is 7.74. The van der Waals surface area contributed by atoms with E-state index < -0.39 is 0 Å². The van der Waals surface area contributed by atoms with Crippen molar-refractivity contribution >= 4 is 6.29 Å². The normalized spacial score (nSPS) is 11.6. The molecular formula is C9H14N2O. The van der Waals surface area contributed by atoms with Crippen LogP contribution >= 0.6 is 0 Å². The van der Waals surface area contributed by atoms with Crippen LogP contribution in [0.15, 0.2) is 12.3 Å². The third kappa shape index (κ3) is 2.49. The summed E-state index contributed by atoms with van der Waals surface area (Å²) < 4.78 is 1.80. The summed E-state index contributed by atoms with van der Waals surface area (Å²) in [5, 5.41) is 4.06. The minimum absolute atomic E-state index is 0.201. The van der Waals surface area contributed by atoms with Gasteiger partial charge in [-0.2, -0.15) is 5.10 Å². The monoisotopic (exact) mass is 166 g/mol. The van der Waals surface area contributed by atoms with Crippen LogP contribution in [0.4, 0.5) is 0 Å². The third-order valence-corrected chi connectivity index (χ3v) is 1.42.